The summed E-state index contributed by atoms with van der Waals surface area (Å²) in [5.74, 6) is 0.941. The van der Waals surface area contributed by atoms with Crippen molar-refractivity contribution in [3.63, 3.8) is 0 Å². The summed E-state index contributed by atoms with van der Waals surface area (Å²) in [7, 11) is 0. The molecule has 3 rings (SSSR count). The lowest BCUT2D eigenvalue weighted by atomic mass is 10.0. The summed E-state index contributed by atoms with van der Waals surface area (Å²) in [5.41, 5.74) is 7.33. The maximum absolute atomic E-state index is 6.27. The van der Waals surface area contributed by atoms with E-state index in [0.29, 0.717) is 0 Å². The molecular formula is C15H18N2. The van der Waals surface area contributed by atoms with Crippen LogP contribution >= 0.6 is 0 Å². The van der Waals surface area contributed by atoms with Gasteiger partial charge in [0, 0.05) is 17.6 Å². The average Bonchev–Trinajstić information content (AvgIpc) is 3.19. The van der Waals surface area contributed by atoms with Gasteiger partial charge in [-0.05, 0) is 30.2 Å². The summed E-state index contributed by atoms with van der Waals surface area (Å²) in [6.07, 6.45) is 6.98. The Balaban J connectivity index is 1.87. The SMILES string of the molecule is NC(CCC1CC1)c1nccc2ccccc12. The minimum atomic E-state index is 0.0849. The number of aromatic nitrogens is 1. The van der Waals surface area contributed by atoms with Crippen molar-refractivity contribution >= 4 is 10.8 Å². The fourth-order valence-electron chi connectivity index (χ4n) is 2.40. The Morgan fingerprint density at radius 1 is 1.24 bits per heavy atom. The van der Waals surface area contributed by atoms with Gasteiger partial charge < -0.3 is 5.73 Å². The molecule has 2 nitrogen and oxygen atoms in total. The largest absolute Gasteiger partial charge is 0.323 e. The van der Waals surface area contributed by atoms with Gasteiger partial charge in [0.1, 0.15) is 0 Å². The predicted molar refractivity (Wildman–Crippen MR) is 70.6 cm³/mol. The molecule has 0 saturated heterocycles. The number of benzene rings is 1. The van der Waals surface area contributed by atoms with Gasteiger partial charge in [-0.15, -0.1) is 0 Å². The van der Waals surface area contributed by atoms with Crippen LogP contribution < -0.4 is 5.73 Å². The Kier molecular flexibility index (Phi) is 2.81. The van der Waals surface area contributed by atoms with Gasteiger partial charge >= 0.3 is 0 Å². The molecule has 88 valence electrons. The van der Waals surface area contributed by atoms with Gasteiger partial charge in [0.2, 0.25) is 0 Å². The van der Waals surface area contributed by atoms with Crippen molar-refractivity contribution in [3.8, 4) is 0 Å². The Bertz CT molecular complexity index is 512. The minimum absolute atomic E-state index is 0.0849. The van der Waals surface area contributed by atoms with Gasteiger partial charge in [-0.3, -0.25) is 4.98 Å². The second-order valence-corrected chi connectivity index (χ2v) is 5.04. The highest BCUT2D eigenvalue weighted by Crippen LogP contribution is 2.35. The van der Waals surface area contributed by atoms with E-state index < -0.39 is 0 Å². The molecule has 1 unspecified atom stereocenters. The van der Waals surface area contributed by atoms with Crippen LogP contribution in [0.4, 0.5) is 0 Å². The lowest BCUT2D eigenvalue weighted by Gasteiger charge is -2.13. The van der Waals surface area contributed by atoms with Crippen molar-refractivity contribution < 1.29 is 0 Å². The maximum Gasteiger partial charge on any atom is 0.0649 e. The zero-order valence-corrected chi connectivity index (χ0v) is 9.97. The summed E-state index contributed by atoms with van der Waals surface area (Å²) in [5, 5.41) is 2.44. The minimum Gasteiger partial charge on any atom is -0.323 e. The number of nitrogens with two attached hydrogens (primary N) is 1. The van der Waals surface area contributed by atoms with Crippen molar-refractivity contribution in [3.05, 3.63) is 42.2 Å². The van der Waals surface area contributed by atoms with Gasteiger partial charge in [-0.2, -0.15) is 0 Å². The third kappa shape index (κ3) is 2.32. The van der Waals surface area contributed by atoms with Gasteiger partial charge in [0.15, 0.2) is 0 Å². The van der Waals surface area contributed by atoms with Gasteiger partial charge in [-0.25, -0.2) is 0 Å². The van der Waals surface area contributed by atoms with E-state index in [-0.39, 0.29) is 6.04 Å². The van der Waals surface area contributed by atoms with Crippen LogP contribution in [-0.4, -0.2) is 4.98 Å². The van der Waals surface area contributed by atoms with E-state index in [1.54, 1.807) is 0 Å². The molecule has 1 saturated carbocycles. The van der Waals surface area contributed by atoms with Crippen molar-refractivity contribution in [2.45, 2.75) is 31.7 Å². The summed E-state index contributed by atoms with van der Waals surface area (Å²) in [6, 6.07) is 10.5. The summed E-state index contributed by atoms with van der Waals surface area (Å²) >= 11 is 0. The number of nitrogens with zero attached hydrogens (tertiary/aromatic N) is 1. The fraction of sp³-hybridized carbons (Fsp3) is 0.400. The second-order valence-electron chi connectivity index (χ2n) is 5.04. The van der Waals surface area contributed by atoms with E-state index in [1.807, 2.05) is 12.3 Å². The first kappa shape index (κ1) is 10.7. The predicted octanol–water partition coefficient (Wildman–Crippen LogP) is 3.42. The van der Waals surface area contributed by atoms with Crippen LogP contribution in [-0.2, 0) is 0 Å². The van der Waals surface area contributed by atoms with E-state index >= 15 is 0 Å². The van der Waals surface area contributed by atoms with Crippen molar-refractivity contribution in [1.82, 2.24) is 4.98 Å². The smallest absolute Gasteiger partial charge is 0.0649 e. The van der Waals surface area contributed by atoms with Crippen LogP contribution in [0.1, 0.15) is 37.4 Å². The van der Waals surface area contributed by atoms with Crippen LogP contribution in [0.25, 0.3) is 10.8 Å². The van der Waals surface area contributed by atoms with Crippen LogP contribution in [0, 0.1) is 5.92 Å². The third-order valence-corrected chi connectivity index (χ3v) is 3.64. The topological polar surface area (TPSA) is 38.9 Å². The second kappa shape index (κ2) is 4.46. The normalized spacial score (nSPS) is 17.2. The quantitative estimate of drug-likeness (QED) is 0.867. The van der Waals surface area contributed by atoms with E-state index in [1.165, 1.54) is 30.0 Å². The molecule has 1 aliphatic rings. The number of hydrogen-bond donors (Lipinski definition) is 1. The van der Waals surface area contributed by atoms with E-state index in [2.05, 4.69) is 29.2 Å². The van der Waals surface area contributed by atoms with E-state index in [9.17, 15) is 0 Å². The molecule has 1 aromatic heterocycles. The summed E-state index contributed by atoms with van der Waals surface area (Å²) in [4.78, 5) is 4.48. The van der Waals surface area contributed by atoms with Gasteiger partial charge in [-0.1, -0.05) is 37.1 Å². The van der Waals surface area contributed by atoms with Crippen molar-refractivity contribution in [2.24, 2.45) is 11.7 Å². The Morgan fingerprint density at radius 3 is 2.88 bits per heavy atom. The highest BCUT2D eigenvalue weighted by Gasteiger charge is 2.22. The van der Waals surface area contributed by atoms with E-state index in [0.717, 1.165) is 18.0 Å². The van der Waals surface area contributed by atoms with Crippen LogP contribution in [0.15, 0.2) is 36.5 Å². The molecule has 1 aliphatic carbocycles. The van der Waals surface area contributed by atoms with Crippen LogP contribution in [0.5, 0.6) is 0 Å². The lowest BCUT2D eigenvalue weighted by Crippen LogP contribution is -2.12. The highest BCUT2D eigenvalue weighted by atomic mass is 14.8. The zero-order valence-electron chi connectivity index (χ0n) is 9.97. The average molecular weight is 226 g/mol. The third-order valence-electron chi connectivity index (χ3n) is 3.64. The zero-order chi connectivity index (χ0) is 11.7. The highest BCUT2D eigenvalue weighted by molar-refractivity contribution is 5.84. The Hall–Kier alpha value is -1.41. The van der Waals surface area contributed by atoms with Gasteiger partial charge in [0.25, 0.3) is 0 Å². The molecule has 2 heteroatoms. The lowest BCUT2D eigenvalue weighted by molar-refractivity contribution is 0.568. The molecule has 1 atom stereocenters. The Labute approximate surface area is 102 Å². The molecular weight excluding hydrogens is 208 g/mol. The summed E-state index contributed by atoms with van der Waals surface area (Å²) < 4.78 is 0. The number of pyridine rings is 1. The Morgan fingerprint density at radius 2 is 2.06 bits per heavy atom. The molecule has 0 radical (unpaired) electrons. The first-order valence-corrected chi connectivity index (χ1v) is 6.44. The maximum atomic E-state index is 6.27. The number of rotatable bonds is 4. The molecule has 1 fully saturated rings. The first-order valence-electron chi connectivity index (χ1n) is 6.44. The molecule has 2 N–H and O–H groups in total. The molecule has 1 aromatic carbocycles. The number of hydrogen-bond acceptors (Lipinski definition) is 2. The molecule has 0 amide bonds. The molecule has 2 aromatic rings. The fourth-order valence-corrected chi connectivity index (χ4v) is 2.40. The van der Waals surface area contributed by atoms with Crippen molar-refractivity contribution in [1.29, 1.82) is 0 Å². The van der Waals surface area contributed by atoms with E-state index in [4.69, 9.17) is 5.73 Å². The first-order chi connectivity index (χ1) is 8.34. The van der Waals surface area contributed by atoms with Gasteiger partial charge in [0.05, 0.1) is 5.69 Å². The standard InChI is InChI=1S/C15H18N2/c16-14(8-7-11-5-6-11)15-13-4-2-1-3-12(13)9-10-17-15/h1-4,9-11,14H,5-8,16H2. The van der Waals surface area contributed by atoms with Crippen LogP contribution in [0.2, 0.25) is 0 Å². The summed E-state index contributed by atoms with van der Waals surface area (Å²) in [6.45, 7) is 0. The molecule has 0 aliphatic heterocycles. The molecule has 0 bridgehead atoms. The number of fused-ring (bicyclic) bond motifs is 1. The molecule has 0 spiro atoms. The monoisotopic (exact) mass is 226 g/mol. The molecule has 17 heavy (non-hydrogen) atoms. The van der Waals surface area contributed by atoms with Crippen LogP contribution in [0.3, 0.4) is 0 Å². The van der Waals surface area contributed by atoms with Crippen molar-refractivity contribution in [2.75, 3.05) is 0 Å². The molecule has 1 heterocycles.